The van der Waals surface area contributed by atoms with E-state index in [0.717, 1.165) is 0 Å². The molecule has 0 atom stereocenters. The van der Waals surface area contributed by atoms with Gasteiger partial charge in [-0.25, -0.2) is 0 Å². The molecule has 0 unspecified atom stereocenters. The first-order valence-electron chi connectivity index (χ1n) is 4.31. The number of halogens is 4. The lowest BCUT2D eigenvalue weighted by atomic mass is 10.2. The lowest BCUT2D eigenvalue weighted by molar-refractivity contribution is -0.148. The lowest BCUT2D eigenvalue weighted by Crippen LogP contribution is -2.33. The van der Waals surface area contributed by atoms with Crippen molar-refractivity contribution in [1.29, 1.82) is 0 Å². The second kappa shape index (κ2) is 6.27. The predicted octanol–water partition coefficient (Wildman–Crippen LogP) is 2.57. The smallest absolute Gasteiger partial charge is 0.342 e. The third kappa shape index (κ3) is 6.23. The quantitative estimate of drug-likeness (QED) is 0.707. The molecule has 0 saturated heterocycles. The second-order valence-corrected chi connectivity index (χ2v) is 3.57. The number of nitrogens with zero attached hydrogens (tertiary/aromatic N) is 1. The van der Waals surface area contributed by atoms with E-state index in [4.69, 9.17) is 0 Å². The first-order valence-corrected chi connectivity index (χ1v) is 5.43. The van der Waals surface area contributed by atoms with Gasteiger partial charge >= 0.3 is 6.18 Å². The molecule has 0 fully saturated rings. The molecule has 0 aliphatic carbocycles. The molecule has 2 nitrogen and oxygen atoms in total. The fourth-order valence-corrected chi connectivity index (χ4v) is 1.40. The number of hydrogen-bond donors (Lipinski definition) is 0. The highest BCUT2D eigenvalue weighted by molar-refractivity contribution is 9.09. The molecule has 0 aliphatic rings. The molecule has 0 spiro atoms. The molecule has 14 heavy (non-hydrogen) atoms. The number of hydrogen-bond acceptors (Lipinski definition) is 1. The zero-order valence-corrected chi connectivity index (χ0v) is 9.49. The van der Waals surface area contributed by atoms with Crippen molar-refractivity contribution in [2.45, 2.75) is 25.9 Å². The summed E-state index contributed by atoms with van der Waals surface area (Å²) in [6.07, 6.45) is -5.74. The molecule has 1 amide bonds. The van der Waals surface area contributed by atoms with Crippen LogP contribution in [0.1, 0.15) is 19.8 Å². The number of rotatable bonds is 5. The summed E-state index contributed by atoms with van der Waals surface area (Å²) in [6, 6.07) is 0. The van der Waals surface area contributed by atoms with E-state index < -0.39 is 24.9 Å². The highest BCUT2D eigenvalue weighted by Crippen LogP contribution is 2.21. The Bertz CT molecular complexity index is 184. The van der Waals surface area contributed by atoms with Gasteiger partial charge in [-0.05, 0) is 6.92 Å². The lowest BCUT2D eigenvalue weighted by Gasteiger charge is -2.19. The van der Waals surface area contributed by atoms with Crippen molar-refractivity contribution < 1.29 is 18.0 Å². The minimum Gasteiger partial charge on any atom is -0.342 e. The SMILES string of the molecule is CCN(CCBr)C(=O)CCC(F)(F)F. The van der Waals surface area contributed by atoms with Crippen molar-refractivity contribution in [3.05, 3.63) is 0 Å². The Balaban J connectivity index is 3.93. The summed E-state index contributed by atoms with van der Waals surface area (Å²) in [5, 5.41) is 0.582. The van der Waals surface area contributed by atoms with Crippen LogP contribution in [0, 0.1) is 0 Å². The van der Waals surface area contributed by atoms with Crippen LogP contribution in [-0.4, -0.2) is 35.4 Å². The summed E-state index contributed by atoms with van der Waals surface area (Å²) in [6.45, 7) is 2.64. The minimum atomic E-state index is -4.25. The van der Waals surface area contributed by atoms with Gasteiger partial charge in [0.15, 0.2) is 0 Å². The molecule has 0 heterocycles. The average Bonchev–Trinajstić information content (AvgIpc) is 2.09. The van der Waals surface area contributed by atoms with E-state index in [1.54, 1.807) is 6.92 Å². The first-order chi connectivity index (χ1) is 6.40. The normalized spacial score (nSPS) is 11.5. The van der Waals surface area contributed by atoms with Crippen LogP contribution in [0.5, 0.6) is 0 Å². The average molecular weight is 276 g/mol. The highest BCUT2D eigenvalue weighted by Gasteiger charge is 2.28. The van der Waals surface area contributed by atoms with E-state index in [9.17, 15) is 18.0 Å². The van der Waals surface area contributed by atoms with Gasteiger partial charge in [0.25, 0.3) is 0 Å². The van der Waals surface area contributed by atoms with Crippen LogP contribution in [0.15, 0.2) is 0 Å². The van der Waals surface area contributed by atoms with Crippen molar-refractivity contribution in [3.63, 3.8) is 0 Å². The van der Waals surface area contributed by atoms with Crippen molar-refractivity contribution in [3.8, 4) is 0 Å². The van der Waals surface area contributed by atoms with Gasteiger partial charge in [-0.15, -0.1) is 0 Å². The molecule has 0 aromatic carbocycles. The molecule has 0 rings (SSSR count). The Morgan fingerprint density at radius 1 is 1.43 bits per heavy atom. The van der Waals surface area contributed by atoms with Crippen LogP contribution >= 0.6 is 15.9 Å². The van der Waals surface area contributed by atoms with Crippen LogP contribution in [0.25, 0.3) is 0 Å². The maximum Gasteiger partial charge on any atom is 0.389 e. The molecule has 0 radical (unpaired) electrons. The molecule has 6 heteroatoms. The Labute approximate surface area is 89.6 Å². The minimum absolute atomic E-state index is 0.440. The van der Waals surface area contributed by atoms with Gasteiger partial charge in [0.1, 0.15) is 0 Å². The van der Waals surface area contributed by atoms with E-state index in [1.165, 1.54) is 4.90 Å². The number of carbonyl (C=O) groups excluding carboxylic acids is 1. The highest BCUT2D eigenvalue weighted by atomic mass is 79.9. The summed E-state index contributed by atoms with van der Waals surface area (Å²) >= 11 is 3.13. The molecule has 0 saturated carbocycles. The summed E-state index contributed by atoms with van der Waals surface area (Å²) in [5.41, 5.74) is 0. The molecule has 84 valence electrons. The van der Waals surface area contributed by atoms with Gasteiger partial charge in [-0.2, -0.15) is 13.2 Å². The van der Waals surface area contributed by atoms with E-state index in [-0.39, 0.29) is 0 Å². The van der Waals surface area contributed by atoms with Crippen LogP contribution in [0.2, 0.25) is 0 Å². The third-order valence-corrected chi connectivity index (χ3v) is 2.07. The molecule has 0 aliphatic heterocycles. The van der Waals surface area contributed by atoms with Crippen molar-refractivity contribution in [1.82, 2.24) is 4.90 Å². The summed E-state index contributed by atoms with van der Waals surface area (Å²) in [7, 11) is 0. The van der Waals surface area contributed by atoms with Crippen LogP contribution in [0.4, 0.5) is 13.2 Å². The molecule has 0 bridgehead atoms. The monoisotopic (exact) mass is 275 g/mol. The Hall–Kier alpha value is -0.260. The molecular formula is C8H13BrF3NO. The van der Waals surface area contributed by atoms with Gasteiger partial charge in [0.2, 0.25) is 5.91 Å². The van der Waals surface area contributed by atoms with Crippen LogP contribution in [0.3, 0.4) is 0 Å². The Kier molecular flexibility index (Phi) is 6.15. The Morgan fingerprint density at radius 2 is 2.00 bits per heavy atom. The second-order valence-electron chi connectivity index (χ2n) is 2.78. The predicted molar refractivity (Wildman–Crippen MR) is 51.3 cm³/mol. The van der Waals surface area contributed by atoms with Crippen LogP contribution in [-0.2, 0) is 4.79 Å². The van der Waals surface area contributed by atoms with E-state index in [1.807, 2.05) is 0 Å². The van der Waals surface area contributed by atoms with Crippen molar-refractivity contribution in [2.75, 3.05) is 18.4 Å². The zero-order chi connectivity index (χ0) is 11.2. The Morgan fingerprint density at radius 3 is 2.36 bits per heavy atom. The van der Waals surface area contributed by atoms with E-state index in [2.05, 4.69) is 15.9 Å². The number of carbonyl (C=O) groups is 1. The van der Waals surface area contributed by atoms with Gasteiger partial charge in [0, 0.05) is 24.8 Å². The van der Waals surface area contributed by atoms with Gasteiger partial charge in [-0.1, -0.05) is 15.9 Å². The van der Waals surface area contributed by atoms with E-state index in [0.29, 0.717) is 18.4 Å². The zero-order valence-electron chi connectivity index (χ0n) is 7.90. The van der Waals surface area contributed by atoms with Gasteiger partial charge in [-0.3, -0.25) is 4.79 Å². The van der Waals surface area contributed by atoms with Crippen molar-refractivity contribution >= 4 is 21.8 Å². The molecule has 0 N–H and O–H groups in total. The summed E-state index contributed by atoms with van der Waals surface area (Å²) in [4.78, 5) is 12.6. The third-order valence-electron chi connectivity index (χ3n) is 1.71. The fourth-order valence-electron chi connectivity index (χ4n) is 0.968. The molecule has 0 aromatic heterocycles. The van der Waals surface area contributed by atoms with E-state index >= 15 is 0 Å². The van der Waals surface area contributed by atoms with Crippen molar-refractivity contribution in [2.24, 2.45) is 0 Å². The summed E-state index contributed by atoms with van der Waals surface area (Å²) in [5.74, 6) is -0.440. The number of amides is 1. The molecular weight excluding hydrogens is 263 g/mol. The maximum absolute atomic E-state index is 11.8. The van der Waals surface area contributed by atoms with Crippen LogP contribution < -0.4 is 0 Å². The first kappa shape index (κ1) is 13.7. The maximum atomic E-state index is 11.8. The summed E-state index contributed by atoms with van der Waals surface area (Å²) < 4.78 is 35.4. The number of alkyl halides is 4. The standard InChI is InChI=1S/C8H13BrF3NO/c1-2-13(6-5-9)7(14)3-4-8(10,11)12/h2-6H2,1H3. The topological polar surface area (TPSA) is 20.3 Å². The van der Waals surface area contributed by atoms with Gasteiger partial charge < -0.3 is 4.90 Å². The molecule has 0 aromatic rings. The largest absolute Gasteiger partial charge is 0.389 e. The fraction of sp³-hybridized carbons (Fsp3) is 0.875. The van der Waals surface area contributed by atoms with Gasteiger partial charge in [0.05, 0.1) is 6.42 Å².